The molecule has 4 aliphatic carbocycles. The standard InChI is InChI=1S/C27H44O9S2/c1-17(2)6-5-7-18(16-35-37(29,30)31)20-10-11-21-19-8-9-23-25(28)24(36-38(32,33)34)13-15-27(23,4)22(19)12-14-26(20,21)3/h5,7,9,17-22,24-25,28H,6,8,10-16H2,1-4H3,(H,29,30,31)(H,32,33,34)/b7-5+/t18-,19-,20+,21-,22-,24+,25+,26+,27+/m0/s1. The summed E-state index contributed by atoms with van der Waals surface area (Å²) in [6.07, 6.45) is 10.8. The molecule has 3 N–H and O–H groups in total. The summed E-state index contributed by atoms with van der Waals surface area (Å²) in [4.78, 5) is 0. The smallest absolute Gasteiger partial charge is 0.386 e. The van der Waals surface area contributed by atoms with Crippen molar-refractivity contribution >= 4 is 20.8 Å². The first-order valence-corrected chi connectivity index (χ1v) is 16.6. The molecule has 0 bridgehead atoms. The monoisotopic (exact) mass is 576 g/mol. The average molecular weight is 577 g/mol. The van der Waals surface area contributed by atoms with E-state index in [0.29, 0.717) is 36.5 Å². The Morgan fingerprint density at radius 2 is 1.74 bits per heavy atom. The van der Waals surface area contributed by atoms with Crippen molar-refractivity contribution in [2.45, 2.75) is 91.3 Å². The van der Waals surface area contributed by atoms with E-state index in [-0.39, 0.29) is 29.3 Å². The highest BCUT2D eigenvalue weighted by Crippen LogP contribution is 2.67. The minimum absolute atomic E-state index is 0.0117. The Kier molecular flexibility index (Phi) is 8.62. The Morgan fingerprint density at radius 1 is 1.03 bits per heavy atom. The summed E-state index contributed by atoms with van der Waals surface area (Å²) >= 11 is 0. The molecule has 0 unspecified atom stereocenters. The Hall–Kier alpha value is -0.820. The molecule has 0 aromatic heterocycles. The van der Waals surface area contributed by atoms with Gasteiger partial charge in [-0.25, -0.2) is 8.37 Å². The van der Waals surface area contributed by atoms with Crippen LogP contribution < -0.4 is 0 Å². The van der Waals surface area contributed by atoms with Crippen molar-refractivity contribution < 1.29 is 39.4 Å². The molecule has 9 nitrogen and oxygen atoms in total. The summed E-state index contributed by atoms with van der Waals surface area (Å²) in [5.41, 5.74) is 0.543. The van der Waals surface area contributed by atoms with E-state index in [1.807, 2.05) is 0 Å². The summed E-state index contributed by atoms with van der Waals surface area (Å²) in [7, 11) is -9.18. The van der Waals surface area contributed by atoms with Crippen molar-refractivity contribution in [2.24, 2.45) is 46.3 Å². The van der Waals surface area contributed by atoms with Gasteiger partial charge in [0.05, 0.1) is 6.61 Å². The molecule has 9 atom stereocenters. The predicted octanol–water partition coefficient (Wildman–Crippen LogP) is 4.76. The zero-order valence-corrected chi connectivity index (χ0v) is 24.5. The second kappa shape index (κ2) is 10.9. The molecule has 4 aliphatic rings. The van der Waals surface area contributed by atoms with E-state index in [0.717, 1.165) is 44.1 Å². The van der Waals surface area contributed by atoms with E-state index < -0.39 is 33.0 Å². The molecule has 4 rings (SSSR count). The fourth-order valence-electron chi connectivity index (χ4n) is 8.70. The largest absolute Gasteiger partial charge is 0.397 e. The highest BCUT2D eigenvalue weighted by molar-refractivity contribution is 7.81. The van der Waals surface area contributed by atoms with E-state index >= 15 is 0 Å². The normalized spacial score (nSPS) is 40.5. The Balaban J connectivity index is 1.57. The third kappa shape index (κ3) is 6.09. The van der Waals surface area contributed by atoms with E-state index in [1.165, 1.54) is 0 Å². The van der Waals surface area contributed by atoms with Crippen LogP contribution >= 0.6 is 0 Å². The van der Waals surface area contributed by atoms with Gasteiger partial charge in [-0.15, -0.1) is 0 Å². The van der Waals surface area contributed by atoms with Gasteiger partial charge in [0.15, 0.2) is 0 Å². The molecule has 218 valence electrons. The van der Waals surface area contributed by atoms with Gasteiger partial charge in [0.2, 0.25) is 0 Å². The van der Waals surface area contributed by atoms with Crippen molar-refractivity contribution in [2.75, 3.05) is 6.61 Å². The molecule has 0 amide bonds. The first-order valence-electron chi connectivity index (χ1n) is 13.9. The van der Waals surface area contributed by atoms with E-state index in [2.05, 4.69) is 45.9 Å². The third-order valence-electron chi connectivity index (χ3n) is 10.4. The quantitative estimate of drug-likeness (QED) is 0.261. The average Bonchev–Trinajstić information content (AvgIpc) is 3.14. The van der Waals surface area contributed by atoms with Crippen LogP contribution in [0.5, 0.6) is 0 Å². The van der Waals surface area contributed by atoms with Gasteiger partial charge in [-0.2, -0.15) is 16.8 Å². The minimum Gasteiger partial charge on any atom is -0.386 e. The Bertz CT molecular complexity index is 1150. The van der Waals surface area contributed by atoms with E-state index in [4.69, 9.17) is 12.9 Å². The molecule has 38 heavy (non-hydrogen) atoms. The lowest BCUT2D eigenvalue weighted by molar-refractivity contribution is -0.0761. The summed E-state index contributed by atoms with van der Waals surface area (Å²) in [5, 5.41) is 11.0. The summed E-state index contributed by atoms with van der Waals surface area (Å²) < 4.78 is 73.5. The van der Waals surface area contributed by atoms with Crippen LogP contribution in [0.1, 0.15) is 79.1 Å². The number of allylic oxidation sites excluding steroid dienone is 2. The number of hydrogen-bond donors (Lipinski definition) is 3. The molecular weight excluding hydrogens is 532 g/mol. The molecule has 0 heterocycles. The molecule has 0 aromatic rings. The van der Waals surface area contributed by atoms with Gasteiger partial charge in [-0.05, 0) is 97.4 Å². The van der Waals surface area contributed by atoms with Gasteiger partial charge < -0.3 is 5.11 Å². The van der Waals surface area contributed by atoms with Crippen LogP contribution in [0.15, 0.2) is 23.8 Å². The van der Waals surface area contributed by atoms with Crippen molar-refractivity contribution in [3.63, 3.8) is 0 Å². The molecule has 0 radical (unpaired) electrons. The number of aliphatic hydroxyl groups excluding tert-OH is 1. The van der Waals surface area contributed by atoms with E-state index in [9.17, 15) is 26.5 Å². The van der Waals surface area contributed by atoms with Crippen molar-refractivity contribution in [1.82, 2.24) is 0 Å². The Morgan fingerprint density at radius 3 is 2.37 bits per heavy atom. The molecule has 3 fully saturated rings. The first kappa shape index (κ1) is 30.1. The van der Waals surface area contributed by atoms with Crippen LogP contribution in [-0.2, 0) is 29.2 Å². The lowest BCUT2D eigenvalue weighted by atomic mass is 9.46. The van der Waals surface area contributed by atoms with Crippen LogP contribution in [0, 0.1) is 46.3 Å². The van der Waals surface area contributed by atoms with Gasteiger partial charge in [0, 0.05) is 5.92 Å². The van der Waals surface area contributed by atoms with Crippen molar-refractivity contribution in [3.05, 3.63) is 23.8 Å². The molecule has 0 saturated heterocycles. The van der Waals surface area contributed by atoms with E-state index in [1.54, 1.807) is 0 Å². The van der Waals surface area contributed by atoms with Crippen LogP contribution in [0.3, 0.4) is 0 Å². The van der Waals surface area contributed by atoms with Gasteiger partial charge in [-0.3, -0.25) is 9.11 Å². The Labute approximate surface area is 228 Å². The highest BCUT2D eigenvalue weighted by atomic mass is 32.3. The predicted molar refractivity (Wildman–Crippen MR) is 143 cm³/mol. The van der Waals surface area contributed by atoms with Crippen LogP contribution in [-0.4, -0.2) is 49.9 Å². The SMILES string of the molecule is CC(C)C/C=C/[C@@H](COS(=O)(=O)O)[C@H]1CC[C@H]2[C@@H]3CC=C4[C@@H](O)[C@H](OS(=O)(=O)O)CC[C@]4(C)[C@H]3CC[C@]12C. The fourth-order valence-corrected chi connectivity index (χ4v) is 9.55. The highest BCUT2D eigenvalue weighted by Gasteiger charge is 2.60. The number of fused-ring (bicyclic) bond motifs is 5. The third-order valence-corrected chi connectivity index (χ3v) is 11.3. The van der Waals surface area contributed by atoms with Crippen LogP contribution in [0.25, 0.3) is 0 Å². The second-order valence-corrected chi connectivity index (χ2v) is 15.0. The number of aliphatic hydroxyl groups is 1. The number of rotatable bonds is 9. The zero-order chi connectivity index (χ0) is 28.1. The van der Waals surface area contributed by atoms with Crippen LogP contribution in [0.2, 0.25) is 0 Å². The molecule has 0 aliphatic heterocycles. The summed E-state index contributed by atoms with van der Waals surface area (Å²) in [6.45, 7) is 8.70. The van der Waals surface area contributed by atoms with Gasteiger partial charge in [-0.1, -0.05) is 45.9 Å². The molecule has 3 saturated carbocycles. The van der Waals surface area contributed by atoms with Gasteiger partial charge in [0.1, 0.15) is 12.2 Å². The van der Waals surface area contributed by atoms with Gasteiger partial charge >= 0.3 is 20.8 Å². The molecule has 0 spiro atoms. The van der Waals surface area contributed by atoms with Crippen LogP contribution in [0.4, 0.5) is 0 Å². The topological polar surface area (TPSA) is 147 Å². The van der Waals surface area contributed by atoms with Gasteiger partial charge in [0.25, 0.3) is 0 Å². The lowest BCUT2D eigenvalue weighted by Crippen LogP contribution is -2.54. The summed E-state index contributed by atoms with van der Waals surface area (Å²) in [6, 6.07) is 0. The zero-order valence-electron chi connectivity index (χ0n) is 22.8. The molecular formula is C27H44O9S2. The maximum Gasteiger partial charge on any atom is 0.397 e. The van der Waals surface area contributed by atoms with Crippen molar-refractivity contribution in [1.29, 1.82) is 0 Å². The summed E-state index contributed by atoms with van der Waals surface area (Å²) in [5.74, 6) is 1.75. The lowest BCUT2D eigenvalue weighted by Gasteiger charge is -2.59. The molecule has 11 heteroatoms. The first-order chi connectivity index (χ1) is 17.6. The molecule has 0 aromatic carbocycles. The van der Waals surface area contributed by atoms with Crippen molar-refractivity contribution in [3.8, 4) is 0 Å². The minimum atomic E-state index is -4.65. The maximum absolute atomic E-state index is 11.4. The maximum atomic E-state index is 11.4. The second-order valence-electron chi connectivity index (χ2n) is 12.9. The number of hydrogen-bond acceptors (Lipinski definition) is 7. The fraction of sp³-hybridized carbons (Fsp3) is 0.852.